The van der Waals surface area contributed by atoms with Crippen molar-refractivity contribution in [2.45, 2.75) is 0 Å². The molecule has 0 aliphatic rings. The normalized spacial score (nSPS) is 10.0. The summed E-state index contributed by atoms with van der Waals surface area (Å²) in [4.78, 5) is 4.03. The fourth-order valence-corrected chi connectivity index (χ4v) is 1.15. The number of nitrogen functional groups attached to an aromatic ring is 2. The molecule has 0 fully saturated rings. The Labute approximate surface area is 80.8 Å². The van der Waals surface area contributed by atoms with Gasteiger partial charge in [0, 0.05) is 11.3 Å². The van der Waals surface area contributed by atoms with Gasteiger partial charge in [-0.15, -0.1) is 5.10 Å². The first-order valence-corrected chi connectivity index (χ1v) is 4.07. The van der Waals surface area contributed by atoms with Crippen LogP contribution in [0.1, 0.15) is 0 Å². The summed E-state index contributed by atoms with van der Waals surface area (Å²) in [5.74, 6) is 0.157. The summed E-state index contributed by atoms with van der Waals surface area (Å²) in [5.41, 5.74) is 13.3. The molecule has 0 amide bonds. The molecule has 70 valence electrons. The molecule has 1 heterocycles. The van der Waals surface area contributed by atoms with Gasteiger partial charge in [0.05, 0.1) is 11.9 Å². The predicted octanol–water partition coefficient (Wildman–Crippen LogP) is 0.703. The summed E-state index contributed by atoms with van der Waals surface area (Å²) in [6.45, 7) is 0. The van der Waals surface area contributed by atoms with E-state index in [1.54, 1.807) is 6.20 Å². The Balaban J connectivity index is 2.49. The van der Waals surface area contributed by atoms with E-state index < -0.39 is 0 Å². The molecule has 2 rings (SSSR count). The fourth-order valence-electron chi connectivity index (χ4n) is 1.15. The fraction of sp³-hybridized carbons (Fsp3) is 0. The van der Waals surface area contributed by atoms with Crippen LogP contribution in [0.25, 0.3) is 11.3 Å². The van der Waals surface area contributed by atoms with Crippen molar-refractivity contribution in [2.24, 2.45) is 0 Å². The third-order valence-corrected chi connectivity index (χ3v) is 1.76. The molecule has 2 aromatic rings. The van der Waals surface area contributed by atoms with Gasteiger partial charge in [0.1, 0.15) is 0 Å². The zero-order valence-electron chi connectivity index (χ0n) is 7.38. The standard InChI is InChI=1S/C9H9N5/c10-7-3-1-2-6(4-7)8-5-12-14-9(11)13-8/h1-5H,10H2,(H2,11,13,14). The largest absolute Gasteiger partial charge is 0.399 e. The number of hydrogen-bond acceptors (Lipinski definition) is 5. The van der Waals surface area contributed by atoms with Gasteiger partial charge in [-0.05, 0) is 12.1 Å². The van der Waals surface area contributed by atoms with Crippen LogP contribution in [0.4, 0.5) is 11.6 Å². The first-order chi connectivity index (χ1) is 6.75. The Bertz CT molecular complexity index is 411. The van der Waals surface area contributed by atoms with Crippen LogP contribution < -0.4 is 11.5 Å². The van der Waals surface area contributed by atoms with Gasteiger partial charge in [-0.1, -0.05) is 12.1 Å². The molecule has 0 saturated carbocycles. The highest BCUT2D eigenvalue weighted by Crippen LogP contribution is 2.18. The van der Waals surface area contributed by atoms with Crippen molar-refractivity contribution in [3.63, 3.8) is 0 Å². The van der Waals surface area contributed by atoms with Gasteiger partial charge in [0.2, 0.25) is 5.95 Å². The van der Waals surface area contributed by atoms with Crippen LogP contribution in [0.5, 0.6) is 0 Å². The number of nitrogens with two attached hydrogens (primary N) is 2. The second-order valence-corrected chi connectivity index (χ2v) is 2.83. The van der Waals surface area contributed by atoms with E-state index in [9.17, 15) is 0 Å². The summed E-state index contributed by atoms with van der Waals surface area (Å²) < 4.78 is 0. The lowest BCUT2D eigenvalue weighted by atomic mass is 10.1. The number of anilines is 2. The highest BCUT2D eigenvalue weighted by atomic mass is 15.2. The van der Waals surface area contributed by atoms with Crippen LogP contribution in [0.3, 0.4) is 0 Å². The Kier molecular flexibility index (Phi) is 1.98. The van der Waals surface area contributed by atoms with E-state index in [1.807, 2.05) is 24.3 Å². The second-order valence-electron chi connectivity index (χ2n) is 2.83. The molecule has 0 unspecified atom stereocenters. The first kappa shape index (κ1) is 8.43. The molecule has 0 spiro atoms. The second kappa shape index (κ2) is 3.29. The van der Waals surface area contributed by atoms with Crippen molar-refractivity contribution < 1.29 is 0 Å². The molecule has 0 aliphatic carbocycles. The molecule has 1 aromatic carbocycles. The van der Waals surface area contributed by atoms with Gasteiger partial charge < -0.3 is 11.5 Å². The predicted molar refractivity (Wildman–Crippen MR) is 54.1 cm³/mol. The summed E-state index contributed by atoms with van der Waals surface area (Å²) in [7, 11) is 0. The SMILES string of the molecule is Nc1cccc(-c2cnnc(N)n2)c1. The van der Waals surface area contributed by atoms with E-state index in [-0.39, 0.29) is 5.95 Å². The molecule has 0 atom stereocenters. The first-order valence-electron chi connectivity index (χ1n) is 4.07. The molecular weight excluding hydrogens is 178 g/mol. The molecule has 1 aromatic heterocycles. The van der Waals surface area contributed by atoms with Gasteiger partial charge in [-0.25, -0.2) is 4.98 Å². The number of benzene rings is 1. The number of rotatable bonds is 1. The quantitative estimate of drug-likeness (QED) is 0.641. The summed E-state index contributed by atoms with van der Waals surface area (Å²) in [6.07, 6.45) is 1.55. The van der Waals surface area contributed by atoms with Gasteiger partial charge in [-0.3, -0.25) is 0 Å². The van der Waals surface area contributed by atoms with Crippen LogP contribution in [0.15, 0.2) is 30.5 Å². The third-order valence-electron chi connectivity index (χ3n) is 1.76. The molecule has 4 N–H and O–H groups in total. The van der Waals surface area contributed by atoms with Gasteiger partial charge >= 0.3 is 0 Å². The van der Waals surface area contributed by atoms with E-state index in [2.05, 4.69) is 15.2 Å². The average Bonchev–Trinajstić information content (AvgIpc) is 2.18. The van der Waals surface area contributed by atoms with E-state index in [0.717, 1.165) is 5.56 Å². The average molecular weight is 187 g/mol. The molecule has 0 aliphatic heterocycles. The minimum atomic E-state index is 0.157. The monoisotopic (exact) mass is 187 g/mol. The molecule has 14 heavy (non-hydrogen) atoms. The molecule has 5 nitrogen and oxygen atoms in total. The number of hydrogen-bond donors (Lipinski definition) is 2. The highest BCUT2D eigenvalue weighted by Gasteiger charge is 2.00. The highest BCUT2D eigenvalue weighted by molar-refractivity contribution is 5.63. The van der Waals surface area contributed by atoms with Gasteiger partial charge in [-0.2, -0.15) is 5.10 Å². The van der Waals surface area contributed by atoms with E-state index in [1.165, 1.54) is 0 Å². The molecule has 0 radical (unpaired) electrons. The zero-order chi connectivity index (χ0) is 9.97. The van der Waals surface area contributed by atoms with Crippen LogP contribution in [-0.2, 0) is 0 Å². The van der Waals surface area contributed by atoms with Crippen molar-refractivity contribution >= 4 is 11.6 Å². The van der Waals surface area contributed by atoms with E-state index in [0.29, 0.717) is 11.4 Å². The van der Waals surface area contributed by atoms with Crippen molar-refractivity contribution in [3.05, 3.63) is 30.5 Å². The van der Waals surface area contributed by atoms with Crippen LogP contribution in [0, 0.1) is 0 Å². The van der Waals surface area contributed by atoms with Crippen LogP contribution in [-0.4, -0.2) is 15.2 Å². The number of aromatic nitrogens is 3. The van der Waals surface area contributed by atoms with Crippen molar-refractivity contribution in [2.75, 3.05) is 11.5 Å². The van der Waals surface area contributed by atoms with Gasteiger partial charge in [0.15, 0.2) is 0 Å². The Morgan fingerprint density at radius 1 is 1.14 bits per heavy atom. The smallest absolute Gasteiger partial charge is 0.240 e. The number of nitrogens with zero attached hydrogens (tertiary/aromatic N) is 3. The lowest BCUT2D eigenvalue weighted by Gasteiger charge is -2.00. The molecule has 0 saturated heterocycles. The maximum absolute atomic E-state index is 5.64. The Morgan fingerprint density at radius 3 is 2.71 bits per heavy atom. The van der Waals surface area contributed by atoms with Crippen LogP contribution >= 0.6 is 0 Å². The van der Waals surface area contributed by atoms with E-state index >= 15 is 0 Å². The molecule has 0 bridgehead atoms. The maximum Gasteiger partial charge on any atom is 0.240 e. The zero-order valence-corrected chi connectivity index (χ0v) is 7.38. The van der Waals surface area contributed by atoms with Crippen LogP contribution in [0.2, 0.25) is 0 Å². The minimum absolute atomic E-state index is 0.157. The summed E-state index contributed by atoms with van der Waals surface area (Å²) >= 11 is 0. The molecular formula is C9H9N5. The summed E-state index contributed by atoms with van der Waals surface area (Å²) in [5, 5.41) is 7.29. The lowest BCUT2D eigenvalue weighted by molar-refractivity contribution is 0.990. The Hall–Kier alpha value is -2.17. The van der Waals surface area contributed by atoms with Crippen molar-refractivity contribution in [1.29, 1.82) is 0 Å². The third kappa shape index (κ3) is 1.61. The van der Waals surface area contributed by atoms with E-state index in [4.69, 9.17) is 11.5 Å². The topological polar surface area (TPSA) is 90.7 Å². The Morgan fingerprint density at radius 2 is 2.00 bits per heavy atom. The van der Waals surface area contributed by atoms with Crippen molar-refractivity contribution in [3.8, 4) is 11.3 Å². The molecule has 5 heteroatoms. The minimum Gasteiger partial charge on any atom is -0.399 e. The maximum atomic E-state index is 5.64. The van der Waals surface area contributed by atoms with Gasteiger partial charge in [0.25, 0.3) is 0 Å². The summed E-state index contributed by atoms with van der Waals surface area (Å²) in [6, 6.07) is 7.35. The lowest BCUT2D eigenvalue weighted by Crippen LogP contribution is -1.98. The van der Waals surface area contributed by atoms with Crippen molar-refractivity contribution in [1.82, 2.24) is 15.2 Å².